The zero-order valence-corrected chi connectivity index (χ0v) is 16.0. The molecular formula is C20H32N2O4. The molecule has 26 heavy (non-hydrogen) atoms. The number of rotatable bonds is 5. The van der Waals surface area contributed by atoms with E-state index in [2.05, 4.69) is 9.64 Å². The Morgan fingerprint density at radius 3 is 2.58 bits per heavy atom. The van der Waals surface area contributed by atoms with Gasteiger partial charge in [-0.3, -0.25) is 14.4 Å². The minimum atomic E-state index is -0.381. The van der Waals surface area contributed by atoms with Crippen molar-refractivity contribution >= 4 is 17.8 Å². The van der Waals surface area contributed by atoms with Crippen molar-refractivity contribution in [2.45, 2.75) is 64.2 Å². The lowest BCUT2D eigenvalue weighted by molar-refractivity contribution is -0.148. The van der Waals surface area contributed by atoms with Crippen molar-refractivity contribution in [3.8, 4) is 0 Å². The third-order valence-electron chi connectivity index (χ3n) is 6.50. The smallest absolute Gasteiger partial charge is 0.306 e. The van der Waals surface area contributed by atoms with Crippen LogP contribution in [-0.4, -0.2) is 60.9 Å². The zero-order valence-electron chi connectivity index (χ0n) is 16.0. The van der Waals surface area contributed by atoms with Crippen molar-refractivity contribution in [2.24, 2.45) is 11.3 Å². The van der Waals surface area contributed by atoms with Crippen molar-refractivity contribution in [1.82, 2.24) is 9.80 Å². The summed E-state index contributed by atoms with van der Waals surface area (Å²) in [6, 6.07) is 0. The van der Waals surface area contributed by atoms with E-state index < -0.39 is 0 Å². The number of ether oxygens (including phenoxy) is 1. The number of methoxy groups -OCH3 is 1. The maximum absolute atomic E-state index is 13.2. The number of hydrogen-bond acceptors (Lipinski definition) is 4. The van der Waals surface area contributed by atoms with E-state index in [9.17, 15) is 14.4 Å². The molecule has 3 aliphatic rings. The molecule has 146 valence electrons. The van der Waals surface area contributed by atoms with Gasteiger partial charge in [0.1, 0.15) is 0 Å². The van der Waals surface area contributed by atoms with Crippen LogP contribution in [0, 0.1) is 11.3 Å². The fraction of sp³-hybridized carbons (Fsp3) is 0.850. The highest BCUT2D eigenvalue weighted by atomic mass is 16.5. The fourth-order valence-corrected chi connectivity index (χ4v) is 4.94. The fourth-order valence-electron chi connectivity index (χ4n) is 4.94. The summed E-state index contributed by atoms with van der Waals surface area (Å²) in [6.07, 6.45) is 9.36. The third kappa shape index (κ3) is 4.21. The number of likely N-dealkylation sites (tertiary alicyclic amines) is 2. The Morgan fingerprint density at radius 2 is 1.85 bits per heavy atom. The van der Waals surface area contributed by atoms with E-state index in [0.29, 0.717) is 19.0 Å². The lowest BCUT2D eigenvalue weighted by Crippen LogP contribution is -2.51. The van der Waals surface area contributed by atoms with E-state index in [1.54, 1.807) is 4.90 Å². The zero-order chi connectivity index (χ0) is 18.6. The Hall–Kier alpha value is -1.59. The molecule has 1 spiro atoms. The highest BCUT2D eigenvalue weighted by Gasteiger charge is 2.49. The molecule has 0 unspecified atom stereocenters. The largest absolute Gasteiger partial charge is 0.469 e. The van der Waals surface area contributed by atoms with Crippen LogP contribution in [0.1, 0.15) is 64.2 Å². The van der Waals surface area contributed by atoms with E-state index in [-0.39, 0.29) is 36.0 Å². The molecule has 0 aromatic rings. The second kappa shape index (κ2) is 8.40. The molecule has 0 aromatic heterocycles. The molecule has 2 saturated heterocycles. The molecule has 6 nitrogen and oxygen atoms in total. The summed E-state index contributed by atoms with van der Waals surface area (Å²) in [6.45, 7) is 2.92. The molecule has 0 radical (unpaired) electrons. The number of piperidine rings is 1. The number of hydrogen-bond donors (Lipinski definition) is 0. The standard InChI is InChI=1S/C20H32N2O4/c1-26-18(24)9-8-17(23)22-13-11-20(15-22)10-5-12-21(19(20)25)14-16-6-3-2-4-7-16/h16H,2-15H2,1H3/t20-/m1/s1. The van der Waals surface area contributed by atoms with Crippen molar-refractivity contribution in [2.75, 3.05) is 33.3 Å². The van der Waals surface area contributed by atoms with E-state index in [0.717, 1.165) is 32.4 Å². The first-order valence-corrected chi connectivity index (χ1v) is 10.2. The summed E-state index contributed by atoms with van der Waals surface area (Å²) in [5, 5.41) is 0. The van der Waals surface area contributed by atoms with Crippen LogP contribution >= 0.6 is 0 Å². The molecule has 2 heterocycles. The van der Waals surface area contributed by atoms with Gasteiger partial charge in [-0.1, -0.05) is 19.3 Å². The first-order valence-electron chi connectivity index (χ1n) is 10.2. The topological polar surface area (TPSA) is 66.9 Å². The van der Waals surface area contributed by atoms with Gasteiger partial charge in [-0.05, 0) is 38.0 Å². The summed E-state index contributed by atoms with van der Waals surface area (Å²) < 4.78 is 4.61. The highest BCUT2D eigenvalue weighted by Crippen LogP contribution is 2.41. The second-order valence-electron chi connectivity index (χ2n) is 8.28. The number of amides is 2. The quantitative estimate of drug-likeness (QED) is 0.703. The molecule has 2 amide bonds. The van der Waals surface area contributed by atoms with Gasteiger partial charge in [0, 0.05) is 32.6 Å². The van der Waals surface area contributed by atoms with Gasteiger partial charge in [-0.15, -0.1) is 0 Å². The first kappa shape index (κ1) is 19.2. The number of carbonyl (C=O) groups excluding carboxylic acids is 3. The van der Waals surface area contributed by atoms with Crippen LogP contribution in [-0.2, 0) is 19.1 Å². The van der Waals surface area contributed by atoms with Crippen LogP contribution in [0.2, 0.25) is 0 Å². The monoisotopic (exact) mass is 364 g/mol. The van der Waals surface area contributed by atoms with Crippen molar-refractivity contribution in [1.29, 1.82) is 0 Å². The molecular weight excluding hydrogens is 332 g/mol. The van der Waals surface area contributed by atoms with Crippen LogP contribution in [0.3, 0.4) is 0 Å². The third-order valence-corrected chi connectivity index (χ3v) is 6.50. The average Bonchev–Trinajstić information content (AvgIpc) is 3.09. The minimum absolute atomic E-state index is 0.0375. The maximum Gasteiger partial charge on any atom is 0.306 e. The summed E-state index contributed by atoms with van der Waals surface area (Å²) in [4.78, 5) is 40.7. The molecule has 0 N–H and O–H groups in total. The van der Waals surface area contributed by atoms with Crippen molar-refractivity contribution in [3.05, 3.63) is 0 Å². The van der Waals surface area contributed by atoms with Crippen LogP contribution in [0.4, 0.5) is 0 Å². The van der Waals surface area contributed by atoms with E-state index >= 15 is 0 Å². The molecule has 3 fully saturated rings. The lowest BCUT2D eigenvalue weighted by Gasteiger charge is -2.41. The number of esters is 1. The Kier molecular flexibility index (Phi) is 6.20. The van der Waals surface area contributed by atoms with Gasteiger partial charge < -0.3 is 14.5 Å². The molecule has 1 aliphatic carbocycles. The van der Waals surface area contributed by atoms with Gasteiger partial charge in [0.25, 0.3) is 0 Å². The van der Waals surface area contributed by atoms with E-state index in [1.807, 2.05) is 0 Å². The molecule has 2 aliphatic heterocycles. The minimum Gasteiger partial charge on any atom is -0.469 e. The Bertz CT molecular complexity index is 544. The van der Waals surface area contributed by atoms with Crippen LogP contribution in [0.25, 0.3) is 0 Å². The van der Waals surface area contributed by atoms with Crippen LogP contribution in [0.15, 0.2) is 0 Å². The molecule has 6 heteroatoms. The van der Waals surface area contributed by atoms with Gasteiger partial charge in [0.2, 0.25) is 11.8 Å². The molecule has 1 atom stereocenters. The Morgan fingerprint density at radius 1 is 1.08 bits per heavy atom. The maximum atomic E-state index is 13.2. The summed E-state index contributed by atoms with van der Waals surface area (Å²) >= 11 is 0. The van der Waals surface area contributed by atoms with Crippen LogP contribution < -0.4 is 0 Å². The SMILES string of the molecule is COC(=O)CCC(=O)N1CC[C@]2(CCCN(CC3CCCCC3)C2=O)C1. The van der Waals surface area contributed by atoms with Crippen molar-refractivity contribution < 1.29 is 19.1 Å². The van der Waals surface area contributed by atoms with Crippen molar-refractivity contribution in [3.63, 3.8) is 0 Å². The molecule has 1 saturated carbocycles. The van der Waals surface area contributed by atoms with Gasteiger partial charge >= 0.3 is 5.97 Å². The second-order valence-corrected chi connectivity index (χ2v) is 8.28. The molecule has 0 aromatic carbocycles. The summed E-state index contributed by atoms with van der Waals surface area (Å²) in [5.41, 5.74) is -0.381. The Balaban J connectivity index is 1.56. The lowest BCUT2D eigenvalue weighted by atomic mass is 9.77. The van der Waals surface area contributed by atoms with Crippen LogP contribution in [0.5, 0.6) is 0 Å². The normalized spacial score (nSPS) is 27.2. The molecule has 3 rings (SSSR count). The average molecular weight is 364 g/mol. The highest BCUT2D eigenvalue weighted by molar-refractivity contribution is 5.87. The summed E-state index contributed by atoms with van der Waals surface area (Å²) in [5.74, 6) is 0.517. The van der Waals surface area contributed by atoms with E-state index in [4.69, 9.17) is 0 Å². The van der Waals surface area contributed by atoms with Gasteiger partial charge in [-0.2, -0.15) is 0 Å². The summed E-state index contributed by atoms with van der Waals surface area (Å²) in [7, 11) is 1.33. The molecule has 0 bridgehead atoms. The van der Waals surface area contributed by atoms with Gasteiger partial charge in [0.15, 0.2) is 0 Å². The Labute approximate surface area is 156 Å². The van der Waals surface area contributed by atoms with E-state index in [1.165, 1.54) is 39.2 Å². The number of carbonyl (C=O) groups is 3. The number of nitrogens with zero attached hydrogens (tertiary/aromatic N) is 2. The van der Waals surface area contributed by atoms with Gasteiger partial charge in [-0.25, -0.2) is 0 Å². The van der Waals surface area contributed by atoms with Gasteiger partial charge in [0.05, 0.1) is 18.9 Å². The predicted molar refractivity (Wildman–Crippen MR) is 97.3 cm³/mol. The predicted octanol–water partition coefficient (Wildman–Crippen LogP) is 2.36. The first-order chi connectivity index (χ1) is 12.5.